The molecule has 0 aromatic rings. The van der Waals surface area contributed by atoms with E-state index in [1.54, 1.807) is 0 Å². The van der Waals surface area contributed by atoms with Crippen molar-refractivity contribution in [3.8, 4) is 0 Å². The minimum absolute atomic E-state index is 0.255. The molecule has 1 fully saturated rings. The van der Waals surface area contributed by atoms with Gasteiger partial charge in [-0.2, -0.15) is 0 Å². The summed E-state index contributed by atoms with van der Waals surface area (Å²) in [5, 5.41) is 0. The molecule has 0 aromatic carbocycles. The molecule has 0 heterocycles. The minimum Gasteiger partial charge on any atom is -0.374 e. The quantitative estimate of drug-likeness (QED) is 0.218. The molecular weight excluding hydrogens is 292 g/mol. The normalized spacial score (nSPS) is 17.1. The third-order valence-electron chi connectivity index (χ3n) is 5.72. The van der Waals surface area contributed by atoms with Crippen LogP contribution in [0.1, 0.15) is 117 Å². The van der Waals surface area contributed by atoms with Crippen LogP contribution in [0.5, 0.6) is 0 Å². The second-order valence-electron chi connectivity index (χ2n) is 8.06. The summed E-state index contributed by atoms with van der Waals surface area (Å²) in [5.41, 5.74) is 1.33. The first-order chi connectivity index (χ1) is 11.7. The molecule has 1 heteroatoms. The minimum atomic E-state index is 0.255. The van der Waals surface area contributed by atoms with E-state index in [0.717, 1.165) is 12.5 Å². The lowest BCUT2D eigenvalue weighted by atomic mass is 9.84. The summed E-state index contributed by atoms with van der Waals surface area (Å²) in [7, 11) is 0. The fraction of sp³-hybridized carbons (Fsp3) is 0.913. The molecule has 0 spiro atoms. The maximum atomic E-state index is 6.02. The second kappa shape index (κ2) is 15.0. The number of hydrogen-bond donors (Lipinski definition) is 0. The van der Waals surface area contributed by atoms with Crippen molar-refractivity contribution >= 4 is 0 Å². The molecule has 0 N–H and O–H groups in total. The van der Waals surface area contributed by atoms with Gasteiger partial charge in [0, 0.05) is 6.61 Å². The van der Waals surface area contributed by atoms with Gasteiger partial charge in [0.2, 0.25) is 0 Å². The van der Waals surface area contributed by atoms with E-state index in [1.807, 2.05) is 0 Å². The van der Waals surface area contributed by atoms with Gasteiger partial charge in [-0.3, -0.25) is 0 Å². The van der Waals surface area contributed by atoms with E-state index < -0.39 is 0 Å². The first-order valence-electron chi connectivity index (χ1n) is 11.0. The van der Waals surface area contributed by atoms with Crippen LogP contribution in [0.2, 0.25) is 0 Å². The third-order valence-corrected chi connectivity index (χ3v) is 5.72. The Bertz CT molecular complexity index is 290. The van der Waals surface area contributed by atoms with Gasteiger partial charge in [0.25, 0.3) is 0 Å². The van der Waals surface area contributed by atoms with Crippen molar-refractivity contribution in [1.29, 1.82) is 0 Å². The van der Waals surface area contributed by atoms with Crippen LogP contribution in [-0.2, 0) is 4.74 Å². The molecule has 0 saturated heterocycles. The van der Waals surface area contributed by atoms with Crippen molar-refractivity contribution in [1.82, 2.24) is 0 Å². The van der Waals surface area contributed by atoms with Gasteiger partial charge in [0.15, 0.2) is 0 Å². The second-order valence-corrected chi connectivity index (χ2v) is 8.06. The van der Waals surface area contributed by atoms with Crippen molar-refractivity contribution in [2.75, 3.05) is 6.61 Å². The molecule has 0 aromatic heterocycles. The van der Waals surface area contributed by atoms with Gasteiger partial charge in [-0.25, -0.2) is 0 Å². The molecule has 0 aliphatic heterocycles. The average Bonchev–Trinajstić information content (AvgIpc) is 2.60. The zero-order valence-corrected chi connectivity index (χ0v) is 16.8. The summed E-state index contributed by atoms with van der Waals surface area (Å²) in [6.07, 6.45) is 22.4. The Morgan fingerprint density at radius 3 is 2.00 bits per heavy atom. The molecule has 142 valence electrons. The van der Waals surface area contributed by atoms with E-state index in [0.29, 0.717) is 0 Å². The van der Waals surface area contributed by atoms with E-state index >= 15 is 0 Å². The molecule has 1 atom stereocenters. The fourth-order valence-corrected chi connectivity index (χ4v) is 3.90. The van der Waals surface area contributed by atoms with Crippen LogP contribution in [0.15, 0.2) is 12.2 Å². The van der Waals surface area contributed by atoms with Gasteiger partial charge in [-0.05, 0) is 31.3 Å². The average molecular weight is 337 g/mol. The molecule has 0 bridgehead atoms. The van der Waals surface area contributed by atoms with Crippen molar-refractivity contribution < 1.29 is 4.74 Å². The van der Waals surface area contributed by atoms with Crippen LogP contribution in [0.4, 0.5) is 0 Å². The van der Waals surface area contributed by atoms with E-state index in [-0.39, 0.29) is 6.10 Å². The molecular formula is C23H44O. The summed E-state index contributed by atoms with van der Waals surface area (Å²) in [6, 6.07) is 0. The van der Waals surface area contributed by atoms with Crippen LogP contribution in [0, 0.1) is 5.92 Å². The lowest BCUT2D eigenvalue weighted by Gasteiger charge is -2.24. The Kier molecular flexibility index (Phi) is 13.6. The smallest absolute Gasteiger partial charge is 0.0754 e. The van der Waals surface area contributed by atoms with Crippen molar-refractivity contribution in [3.63, 3.8) is 0 Å². The fourth-order valence-electron chi connectivity index (χ4n) is 3.90. The Morgan fingerprint density at radius 2 is 1.42 bits per heavy atom. The topological polar surface area (TPSA) is 9.23 Å². The molecule has 0 radical (unpaired) electrons. The highest BCUT2D eigenvalue weighted by Crippen LogP contribution is 2.29. The van der Waals surface area contributed by atoms with Gasteiger partial charge < -0.3 is 4.74 Å². The summed E-state index contributed by atoms with van der Waals surface area (Å²) >= 11 is 0. The van der Waals surface area contributed by atoms with Gasteiger partial charge in [0.1, 0.15) is 0 Å². The van der Waals surface area contributed by atoms with E-state index in [1.165, 1.54) is 108 Å². The molecule has 1 unspecified atom stereocenters. The molecule has 0 amide bonds. The van der Waals surface area contributed by atoms with Crippen molar-refractivity contribution in [2.24, 2.45) is 5.92 Å². The van der Waals surface area contributed by atoms with Crippen LogP contribution in [0.25, 0.3) is 0 Å². The maximum absolute atomic E-state index is 6.02. The van der Waals surface area contributed by atoms with Gasteiger partial charge in [-0.1, -0.05) is 103 Å². The molecule has 1 aliphatic carbocycles. The lowest BCUT2D eigenvalue weighted by Crippen LogP contribution is -2.16. The van der Waals surface area contributed by atoms with E-state index in [9.17, 15) is 0 Å². The highest BCUT2D eigenvalue weighted by Gasteiger charge is 2.17. The van der Waals surface area contributed by atoms with Gasteiger partial charge in [-0.15, -0.1) is 0 Å². The predicted molar refractivity (Wildman–Crippen MR) is 108 cm³/mol. The highest BCUT2D eigenvalue weighted by atomic mass is 16.5. The van der Waals surface area contributed by atoms with Gasteiger partial charge >= 0.3 is 0 Å². The molecule has 1 rings (SSSR count). The lowest BCUT2D eigenvalue weighted by molar-refractivity contribution is 0.0821. The molecule has 1 aliphatic rings. The van der Waals surface area contributed by atoms with Crippen molar-refractivity contribution in [2.45, 2.75) is 123 Å². The third kappa shape index (κ3) is 11.3. The summed E-state index contributed by atoms with van der Waals surface area (Å²) < 4.78 is 6.02. The first-order valence-corrected chi connectivity index (χ1v) is 11.0. The zero-order valence-electron chi connectivity index (χ0n) is 16.8. The molecule has 24 heavy (non-hydrogen) atoms. The monoisotopic (exact) mass is 336 g/mol. The predicted octanol–water partition coefficient (Wildman–Crippen LogP) is 7.84. The molecule has 1 saturated carbocycles. The first kappa shape index (κ1) is 21.7. The number of ether oxygens (including phenoxy) is 1. The van der Waals surface area contributed by atoms with Gasteiger partial charge in [0.05, 0.1) is 6.10 Å². The number of unbranched alkanes of at least 4 members (excludes halogenated alkanes) is 9. The summed E-state index contributed by atoms with van der Waals surface area (Å²) in [5.74, 6) is 0.884. The van der Waals surface area contributed by atoms with Crippen LogP contribution in [-0.4, -0.2) is 12.7 Å². The largest absolute Gasteiger partial charge is 0.374 e. The van der Waals surface area contributed by atoms with Crippen LogP contribution in [0.3, 0.4) is 0 Å². The van der Waals surface area contributed by atoms with E-state index in [4.69, 9.17) is 4.74 Å². The Balaban J connectivity index is 1.88. The number of hydrogen-bond acceptors (Lipinski definition) is 1. The van der Waals surface area contributed by atoms with Crippen LogP contribution < -0.4 is 0 Å². The SMILES string of the molecule is C=C(CC1CCCCC1)C(C)OCCCCCCCCCCCC. The maximum Gasteiger partial charge on any atom is 0.0754 e. The molecule has 1 nitrogen and oxygen atoms in total. The Morgan fingerprint density at radius 1 is 0.875 bits per heavy atom. The standard InChI is InChI=1S/C23H44O/c1-4-5-6-7-8-9-10-11-12-16-19-24-22(3)21(2)20-23-17-14-13-15-18-23/h22-23H,2,4-20H2,1,3H3. The van der Waals surface area contributed by atoms with Crippen molar-refractivity contribution in [3.05, 3.63) is 12.2 Å². The Hall–Kier alpha value is -0.300. The number of rotatable bonds is 15. The Labute approximate surface area is 152 Å². The zero-order chi connectivity index (χ0) is 17.5. The van der Waals surface area contributed by atoms with Crippen LogP contribution >= 0.6 is 0 Å². The summed E-state index contributed by atoms with van der Waals surface area (Å²) in [6.45, 7) is 9.69. The highest BCUT2D eigenvalue weighted by molar-refractivity contribution is 5.02. The van der Waals surface area contributed by atoms with E-state index in [2.05, 4.69) is 20.4 Å². The summed E-state index contributed by atoms with van der Waals surface area (Å²) in [4.78, 5) is 0.